The Morgan fingerprint density at radius 2 is 2.53 bits per heavy atom. The molecule has 0 radical (unpaired) electrons. The lowest BCUT2D eigenvalue weighted by atomic mass is 10.1. The lowest BCUT2D eigenvalue weighted by molar-refractivity contribution is 0.0525. The van der Waals surface area contributed by atoms with Gasteiger partial charge in [-0.3, -0.25) is 0 Å². The summed E-state index contributed by atoms with van der Waals surface area (Å²) in [7, 11) is 0. The molecule has 1 aliphatic heterocycles. The van der Waals surface area contributed by atoms with Crippen LogP contribution >= 0.6 is 0 Å². The van der Waals surface area contributed by atoms with Gasteiger partial charge in [-0.15, -0.1) is 0 Å². The van der Waals surface area contributed by atoms with E-state index in [1.54, 1.807) is 6.20 Å². The van der Waals surface area contributed by atoms with Gasteiger partial charge in [0, 0.05) is 19.7 Å². The van der Waals surface area contributed by atoms with Crippen molar-refractivity contribution in [3.63, 3.8) is 0 Å². The summed E-state index contributed by atoms with van der Waals surface area (Å²) in [5.41, 5.74) is 0.532. The summed E-state index contributed by atoms with van der Waals surface area (Å²) in [6.07, 6.45) is 5.44. The molecule has 1 saturated heterocycles. The van der Waals surface area contributed by atoms with E-state index < -0.39 is 0 Å². The molecular weight excluding hydrogens is 216 g/mol. The highest BCUT2D eigenvalue weighted by Gasteiger charge is 2.22. The van der Waals surface area contributed by atoms with Crippen LogP contribution in [-0.2, 0) is 4.74 Å². The van der Waals surface area contributed by atoms with Crippen molar-refractivity contribution in [2.75, 3.05) is 24.6 Å². The fourth-order valence-electron chi connectivity index (χ4n) is 2.16. The third-order valence-corrected chi connectivity index (χ3v) is 2.89. The molecule has 0 aliphatic carbocycles. The van der Waals surface area contributed by atoms with Crippen LogP contribution in [0.3, 0.4) is 0 Å². The monoisotopic (exact) mass is 232 g/mol. The number of aromatic nitrogens is 2. The lowest BCUT2D eigenvalue weighted by Gasteiger charge is -2.33. The van der Waals surface area contributed by atoms with Crippen LogP contribution in [0.1, 0.15) is 25.3 Å². The van der Waals surface area contributed by atoms with Crippen LogP contribution in [0, 0.1) is 11.3 Å². The van der Waals surface area contributed by atoms with Gasteiger partial charge in [0.15, 0.2) is 0 Å². The summed E-state index contributed by atoms with van der Waals surface area (Å²) in [5.74, 6) is 0.729. The first kappa shape index (κ1) is 11.8. The topological polar surface area (TPSA) is 62.0 Å². The molecule has 1 aromatic heterocycles. The Morgan fingerprint density at radius 1 is 1.65 bits per heavy atom. The fraction of sp³-hybridized carbons (Fsp3) is 0.583. The van der Waals surface area contributed by atoms with Crippen LogP contribution in [0.5, 0.6) is 0 Å². The van der Waals surface area contributed by atoms with Crippen LogP contribution in [0.15, 0.2) is 12.5 Å². The first-order chi connectivity index (χ1) is 8.35. The summed E-state index contributed by atoms with van der Waals surface area (Å²) in [4.78, 5) is 10.2. The Bertz CT molecular complexity index is 413. The molecule has 2 rings (SSSR count). The van der Waals surface area contributed by atoms with Crippen LogP contribution in [0.2, 0.25) is 0 Å². The number of hydrogen-bond donors (Lipinski definition) is 0. The standard InChI is InChI=1S/C12H16N4O/c1-2-17-11-4-3-5-16(8-11)12-10(6-13)7-14-9-15-12/h7,9,11H,2-5,8H2,1H3. The van der Waals surface area contributed by atoms with E-state index in [0.29, 0.717) is 5.56 Å². The van der Waals surface area contributed by atoms with Gasteiger partial charge in [-0.1, -0.05) is 0 Å². The van der Waals surface area contributed by atoms with E-state index in [4.69, 9.17) is 10.00 Å². The average Bonchev–Trinajstić information content (AvgIpc) is 2.39. The molecule has 90 valence electrons. The van der Waals surface area contributed by atoms with Crippen LogP contribution < -0.4 is 4.90 Å². The third kappa shape index (κ3) is 2.71. The zero-order valence-electron chi connectivity index (χ0n) is 9.96. The van der Waals surface area contributed by atoms with Gasteiger partial charge >= 0.3 is 0 Å². The molecule has 1 atom stereocenters. The highest BCUT2D eigenvalue weighted by molar-refractivity contribution is 5.52. The number of nitrogens with zero attached hydrogens (tertiary/aromatic N) is 4. The molecule has 1 aromatic rings. The lowest BCUT2D eigenvalue weighted by Crippen LogP contribution is -2.40. The van der Waals surface area contributed by atoms with Crippen LogP contribution in [0.25, 0.3) is 0 Å². The maximum Gasteiger partial charge on any atom is 0.150 e. The van der Waals surface area contributed by atoms with Crippen molar-refractivity contribution in [3.8, 4) is 6.07 Å². The van der Waals surface area contributed by atoms with E-state index >= 15 is 0 Å². The Labute approximate surface area is 101 Å². The fourth-order valence-corrected chi connectivity index (χ4v) is 2.16. The van der Waals surface area contributed by atoms with Crippen molar-refractivity contribution in [1.82, 2.24) is 9.97 Å². The molecule has 1 unspecified atom stereocenters. The predicted octanol–water partition coefficient (Wildman–Crippen LogP) is 1.35. The highest BCUT2D eigenvalue weighted by atomic mass is 16.5. The number of ether oxygens (including phenoxy) is 1. The van der Waals surface area contributed by atoms with E-state index in [9.17, 15) is 0 Å². The van der Waals surface area contributed by atoms with Crippen molar-refractivity contribution < 1.29 is 4.74 Å². The molecule has 0 saturated carbocycles. The molecule has 2 heterocycles. The average molecular weight is 232 g/mol. The minimum absolute atomic E-state index is 0.246. The SMILES string of the molecule is CCOC1CCCN(c2ncncc2C#N)C1. The molecule has 0 aromatic carbocycles. The molecule has 0 amide bonds. The second kappa shape index (κ2) is 5.60. The third-order valence-electron chi connectivity index (χ3n) is 2.89. The summed E-state index contributed by atoms with van der Waals surface area (Å²) >= 11 is 0. The van der Waals surface area contributed by atoms with E-state index in [0.717, 1.165) is 38.4 Å². The molecule has 1 aliphatic rings. The van der Waals surface area contributed by atoms with E-state index in [2.05, 4.69) is 20.9 Å². The number of piperidine rings is 1. The number of anilines is 1. The van der Waals surface area contributed by atoms with Gasteiger partial charge in [-0.05, 0) is 19.8 Å². The normalized spacial score (nSPS) is 20.0. The minimum Gasteiger partial charge on any atom is -0.377 e. The second-order valence-corrected chi connectivity index (χ2v) is 4.04. The maximum atomic E-state index is 9.03. The van der Waals surface area contributed by atoms with Crippen LogP contribution in [-0.4, -0.2) is 35.8 Å². The Kier molecular flexibility index (Phi) is 3.89. The largest absolute Gasteiger partial charge is 0.377 e. The van der Waals surface area contributed by atoms with Gasteiger partial charge in [0.25, 0.3) is 0 Å². The van der Waals surface area contributed by atoms with Gasteiger partial charge in [-0.25, -0.2) is 9.97 Å². The number of rotatable bonds is 3. The highest BCUT2D eigenvalue weighted by Crippen LogP contribution is 2.21. The Balaban J connectivity index is 2.14. The molecule has 5 heteroatoms. The molecular formula is C12H16N4O. The minimum atomic E-state index is 0.246. The Hall–Kier alpha value is -1.67. The summed E-state index contributed by atoms with van der Waals surface area (Å²) < 4.78 is 5.64. The zero-order valence-corrected chi connectivity index (χ0v) is 9.96. The Morgan fingerprint density at radius 3 is 3.29 bits per heavy atom. The van der Waals surface area contributed by atoms with E-state index in [1.165, 1.54) is 6.33 Å². The van der Waals surface area contributed by atoms with E-state index in [-0.39, 0.29) is 6.10 Å². The first-order valence-electron chi connectivity index (χ1n) is 5.91. The quantitative estimate of drug-likeness (QED) is 0.787. The number of nitriles is 1. The van der Waals surface area contributed by atoms with Crippen LogP contribution in [0.4, 0.5) is 5.82 Å². The van der Waals surface area contributed by atoms with Crippen molar-refractivity contribution in [2.45, 2.75) is 25.9 Å². The molecule has 0 bridgehead atoms. The van der Waals surface area contributed by atoms with E-state index in [1.807, 2.05) is 6.92 Å². The van der Waals surface area contributed by atoms with Gasteiger partial charge in [0.1, 0.15) is 23.8 Å². The molecule has 0 N–H and O–H groups in total. The summed E-state index contributed by atoms with van der Waals surface area (Å²) in [5, 5.41) is 9.03. The van der Waals surface area contributed by atoms with Crippen molar-refractivity contribution >= 4 is 5.82 Å². The van der Waals surface area contributed by atoms with Crippen molar-refractivity contribution in [2.24, 2.45) is 0 Å². The van der Waals surface area contributed by atoms with Gasteiger partial charge < -0.3 is 9.64 Å². The predicted molar refractivity (Wildman–Crippen MR) is 63.6 cm³/mol. The molecule has 5 nitrogen and oxygen atoms in total. The van der Waals surface area contributed by atoms with Crippen molar-refractivity contribution in [1.29, 1.82) is 5.26 Å². The molecule has 0 spiro atoms. The van der Waals surface area contributed by atoms with Gasteiger partial charge in [0.05, 0.1) is 12.3 Å². The second-order valence-electron chi connectivity index (χ2n) is 4.04. The smallest absolute Gasteiger partial charge is 0.150 e. The maximum absolute atomic E-state index is 9.03. The number of hydrogen-bond acceptors (Lipinski definition) is 5. The summed E-state index contributed by atoms with van der Waals surface area (Å²) in [6.45, 7) is 4.46. The first-order valence-corrected chi connectivity index (χ1v) is 5.91. The zero-order chi connectivity index (χ0) is 12.1. The van der Waals surface area contributed by atoms with Gasteiger partial charge in [0.2, 0.25) is 0 Å². The van der Waals surface area contributed by atoms with Gasteiger partial charge in [-0.2, -0.15) is 5.26 Å². The van der Waals surface area contributed by atoms with Crippen molar-refractivity contribution in [3.05, 3.63) is 18.1 Å². The summed E-state index contributed by atoms with van der Waals surface area (Å²) in [6, 6.07) is 2.13. The molecule has 17 heavy (non-hydrogen) atoms. The molecule has 1 fully saturated rings.